The Balaban J connectivity index is 1.59. The lowest BCUT2D eigenvalue weighted by Gasteiger charge is -2.41. The zero-order chi connectivity index (χ0) is 17.9. The summed E-state index contributed by atoms with van der Waals surface area (Å²) in [6.07, 6.45) is 4.76. The van der Waals surface area contributed by atoms with Gasteiger partial charge in [0.25, 0.3) is 5.91 Å². The van der Waals surface area contributed by atoms with Crippen molar-refractivity contribution in [3.8, 4) is 5.75 Å². The first kappa shape index (κ1) is 17.7. The number of methoxy groups -OCH3 is 1. The fourth-order valence-corrected chi connectivity index (χ4v) is 3.76. The molecule has 0 spiro atoms. The second-order valence-electron chi connectivity index (χ2n) is 7.03. The van der Waals surface area contributed by atoms with E-state index in [1.54, 1.807) is 24.1 Å². The molecule has 1 aromatic rings. The molecule has 1 aromatic carbocycles. The second kappa shape index (κ2) is 7.44. The van der Waals surface area contributed by atoms with Gasteiger partial charge in [-0.2, -0.15) is 0 Å². The van der Waals surface area contributed by atoms with Crippen molar-refractivity contribution in [3.63, 3.8) is 0 Å². The van der Waals surface area contributed by atoms with Gasteiger partial charge in [-0.15, -0.1) is 0 Å². The highest BCUT2D eigenvalue weighted by Crippen LogP contribution is 2.28. The zero-order valence-electron chi connectivity index (χ0n) is 14.9. The van der Waals surface area contributed by atoms with Gasteiger partial charge in [0.15, 0.2) is 0 Å². The van der Waals surface area contributed by atoms with Crippen LogP contribution in [0.1, 0.15) is 42.5 Å². The highest BCUT2D eigenvalue weighted by molar-refractivity contribution is 5.95. The Kier molecular flexibility index (Phi) is 5.27. The van der Waals surface area contributed by atoms with E-state index in [0.29, 0.717) is 37.5 Å². The van der Waals surface area contributed by atoms with E-state index in [2.05, 4.69) is 0 Å². The van der Waals surface area contributed by atoms with E-state index >= 15 is 0 Å². The van der Waals surface area contributed by atoms with Crippen LogP contribution in [0.15, 0.2) is 24.3 Å². The summed E-state index contributed by atoms with van der Waals surface area (Å²) in [5.74, 6) is 0.703. The Morgan fingerprint density at radius 3 is 2.32 bits per heavy atom. The third-order valence-corrected chi connectivity index (χ3v) is 5.34. The third kappa shape index (κ3) is 3.79. The van der Waals surface area contributed by atoms with E-state index in [1.807, 2.05) is 17.0 Å². The molecule has 0 atom stereocenters. The van der Waals surface area contributed by atoms with Gasteiger partial charge in [-0.05, 0) is 31.0 Å². The molecule has 3 rings (SSSR count). The van der Waals surface area contributed by atoms with Crippen LogP contribution in [0, 0.1) is 0 Å². The monoisotopic (exact) mass is 345 g/mol. The van der Waals surface area contributed by atoms with Crippen molar-refractivity contribution in [1.82, 2.24) is 9.80 Å². The molecule has 1 heterocycles. The maximum atomic E-state index is 12.8. The van der Waals surface area contributed by atoms with Crippen molar-refractivity contribution in [3.05, 3.63) is 29.8 Å². The van der Waals surface area contributed by atoms with Crippen LogP contribution in [0.2, 0.25) is 0 Å². The fraction of sp³-hybridized carbons (Fsp3) is 0.579. The summed E-state index contributed by atoms with van der Waals surface area (Å²) in [6.45, 7) is 2.18. The van der Waals surface area contributed by atoms with Gasteiger partial charge in [-0.3, -0.25) is 9.59 Å². The van der Waals surface area contributed by atoms with Gasteiger partial charge < -0.3 is 20.3 Å². The Hall–Kier alpha value is -2.08. The second-order valence-corrected chi connectivity index (χ2v) is 7.03. The molecule has 6 nitrogen and oxygen atoms in total. The number of nitrogens with two attached hydrogens (primary N) is 1. The lowest BCUT2D eigenvalue weighted by atomic mass is 9.81. The molecule has 0 aromatic heterocycles. The van der Waals surface area contributed by atoms with Gasteiger partial charge in [-0.1, -0.05) is 25.3 Å². The van der Waals surface area contributed by atoms with Crippen molar-refractivity contribution in [1.29, 1.82) is 0 Å². The average Bonchev–Trinajstić information content (AvgIpc) is 2.67. The molecule has 0 radical (unpaired) electrons. The molecule has 2 fully saturated rings. The number of hydrogen-bond donors (Lipinski definition) is 1. The Morgan fingerprint density at radius 1 is 1.04 bits per heavy atom. The highest BCUT2D eigenvalue weighted by atomic mass is 16.5. The minimum absolute atomic E-state index is 0.0221. The molecule has 1 aliphatic carbocycles. The number of amides is 2. The van der Waals surface area contributed by atoms with Gasteiger partial charge in [0.05, 0.1) is 12.6 Å². The van der Waals surface area contributed by atoms with E-state index in [4.69, 9.17) is 10.5 Å². The number of carbonyl (C=O) groups excluding carboxylic acids is 2. The van der Waals surface area contributed by atoms with E-state index in [9.17, 15) is 9.59 Å². The molecule has 0 bridgehead atoms. The number of ether oxygens (including phenoxy) is 1. The van der Waals surface area contributed by atoms with E-state index in [0.717, 1.165) is 32.1 Å². The van der Waals surface area contributed by atoms with Gasteiger partial charge in [0.2, 0.25) is 5.91 Å². The summed E-state index contributed by atoms with van der Waals surface area (Å²) < 4.78 is 5.18. The Labute approximate surface area is 148 Å². The molecular formula is C19H27N3O3. The van der Waals surface area contributed by atoms with Crippen LogP contribution < -0.4 is 10.5 Å². The Bertz CT molecular complexity index is 633. The standard InChI is InChI=1S/C19H27N3O3/c1-25-16-7-5-6-15(14-16)17(23)21-10-12-22(13-11-21)18(24)19(20)8-3-2-4-9-19/h5-7,14H,2-4,8-13,20H2,1H3. The maximum absolute atomic E-state index is 12.8. The first-order chi connectivity index (χ1) is 12.0. The van der Waals surface area contributed by atoms with Crippen molar-refractivity contribution in [2.45, 2.75) is 37.6 Å². The number of benzene rings is 1. The van der Waals surface area contributed by atoms with E-state index in [-0.39, 0.29) is 11.8 Å². The van der Waals surface area contributed by atoms with Crippen molar-refractivity contribution >= 4 is 11.8 Å². The summed E-state index contributed by atoms with van der Waals surface area (Å²) in [5, 5.41) is 0. The molecule has 6 heteroatoms. The topological polar surface area (TPSA) is 75.9 Å². The van der Waals surface area contributed by atoms with Gasteiger partial charge in [0.1, 0.15) is 5.75 Å². The molecule has 2 amide bonds. The summed E-state index contributed by atoms with van der Waals surface area (Å²) in [5.41, 5.74) is 6.28. The lowest BCUT2D eigenvalue weighted by molar-refractivity contribution is -0.139. The largest absolute Gasteiger partial charge is 0.497 e. The normalized spacial score (nSPS) is 20.2. The number of hydrogen-bond acceptors (Lipinski definition) is 4. The van der Waals surface area contributed by atoms with Crippen molar-refractivity contribution in [2.75, 3.05) is 33.3 Å². The fourth-order valence-electron chi connectivity index (χ4n) is 3.76. The van der Waals surface area contributed by atoms with E-state index < -0.39 is 5.54 Å². The number of piperazine rings is 1. The smallest absolute Gasteiger partial charge is 0.254 e. The summed E-state index contributed by atoms with van der Waals surface area (Å²) in [4.78, 5) is 29.1. The first-order valence-electron chi connectivity index (χ1n) is 9.05. The number of rotatable bonds is 3. The average molecular weight is 345 g/mol. The van der Waals surface area contributed by atoms with Crippen LogP contribution in [-0.4, -0.2) is 60.4 Å². The Morgan fingerprint density at radius 2 is 1.68 bits per heavy atom. The molecule has 1 aliphatic heterocycles. The summed E-state index contributed by atoms with van der Waals surface area (Å²) in [7, 11) is 1.59. The highest BCUT2D eigenvalue weighted by Gasteiger charge is 2.39. The predicted molar refractivity (Wildman–Crippen MR) is 95.5 cm³/mol. The molecular weight excluding hydrogens is 318 g/mol. The number of nitrogens with zero attached hydrogens (tertiary/aromatic N) is 2. The van der Waals surface area contributed by atoms with Gasteiger partial charge in [0, 0.05) is 31.7 Å². The van der Waals surface area contributed by atoms with Crippen LogP contribution in [0.3, 0.4) is 0 Å². The number of carbonyl (C=O) groups is 2. The van der Waals surface area contributed by atoms with E-state index in [1.165, 1.54) is 0 Å². The minimum atomic E-state index is -0.697. The van der Waals surface area contributed by atoms with Gasteiger partial charge >= 0.3 is 0 Å². The lowest BCUT2D eigenvalue weighted by Crippen LogP contribution is -2.60. The van der Waals surface area contributed by atoms with Crippen LogP contribution in [0.4, 0.5) is 0 Å². The summed E-state index contributed by atoms with van der Waals surface area (Å²) in [6, 6.07) is 7.17. The van der Waals surface area contributed by atoms with Gasteiger partial charge in [-0.25, -0.2) is 0 Å². The molecule has 0 unspecified atom stereocenters. The first-order valence-corrected chi connectivity index (χ1v) is 9.05. The summed E-state index contributed by atoms with van der Waals surface area (Å²) >= 11 is 0. The third-order valence-electron chi connectivity index (χ3n) is 5.34. The molecule has 2 N–H and O–H groups in total. The SMILES string of the molecule is COc1cccc(C(=O)N2CCN(C(=O)C3(N)CCCCC3)CC2)c1. The quantitative estimate of drug-likeness (QED) is 0.904. The predicted octanol–water partition coefficient (Wildman–Crippen LogP) is 1.64. The minimum Gasteiger partial charge on any atom is -0.497 e. The maximum Gasteiger partial charge on any atom is 0.254 e. The van der Waals surface area contributed by atoms with Crippen LogP contribution in [0.5, 0.6) is 5.75 Å². The van der Waals surface area contributed by atoms with Crippen molar-refractivity contribution < 1.29 is 14.3 Å². The molecule has 1 saturated heterocycles. The van der Waals surface area contributed by atoms with Crippen molar-refractivity contribution in [2.24, 2.45) is 5.73 Å². The molecule has 2 aliphatic rings. The zero-order valence-corrected chi connectivity index (χ0v) is 14.9. The molecule has 136 valence electrons. The van der Waals surface area contributed by atoms with Crippen LogP contribution in [0.25, 0.3) is 0 Å². The van der Waals surface area contributed by atoms with Crippen LogP contribution in [-0.2, 0) is 4.79 Å². The molecule has 1 saturated carbocycles. The molecule has 25 heavy (non-hydrogen) atoms. The van der Waals surface area contributed by atoms with Crippen LogP contribution >= 0.6 is 0 Å².